The molecule has 3 N–H and O–H groups in total. The van der Waals surface area contributed by atoms with E-state index in [0.29, 0.717) is 0 Å². The Morgan fingerprint density at radius 3 is 2.65 bits per heavy atom. The van der Waals surface area contributed by atoms with Gasteiger partial charge in [0.15, 0.2) is 6.04 Å². The summed E-state index contributed by atoms with van der Waals surface area (Å²) in [6.45, 7) is 0.737. The lowest BCUT2D eigenvalue weighted by atomic mass is 10.1. The summed E-state index contributed by atoms with van der Waals surface area (Å²) in [6.07, 6.45) is 0. The second-order valence-corrected chi connectivity index (χ2v) is 3.48. The first-order valence-corrected chi connectivity index (χ1v) is 4.87. The number of carboxylic acids is 1. The van der Waals surface area contributed by atoms with Gasteiger partial charge in [-0.05, 0) is 18.6 Å². The molecule has 1 aromatic rings. The number of carbonyl (C=O) groups excluding carboxylic acids is 1. The van der Waals surface area contributed by atoms with Crippen LogP contribution in [0.25, 0.3) is 0 Å². The summed E-state index contributed by atoms with van der Waals surface area (Å²) in [7, 11) is 0. The number of aliphatic hydroxyl groups is 1. The Morgan fingerprint density at radius 2 is 2.12 bits per heavy atom. The molecule has 17 heavy (non-hydrogen) atoms. The van der Waals surface area contributed by atoms with E-state index in [1.807, 2.05) is 5.32 Å². The summed E-state index contributed by atoms with van der Waals surface area (Å²) in [6, 6.07) is 2.78. The largest absolute Gasteiger partial charge is 0.480 e. The van der Waals surface area contributed by atoms with Crippen LogP contribution in [0.5, 0.6) is 0 Å². The van der Waals surface area contributed by atoms with Gasteiger partial charge in [0.25, 0.3) is 5.91 Å². The summed E-state index contributed by atoms with van der Waals surface area (Å²) in [5.41, 5.74) is 0.0400. The van der Waals surface area contributed by atoms with Gasteiger partial charge in [-0.25, -0.2) is 9.18 Å². The Balaban J connectivity index is 2.90. The number of aryl methyl sites for hydroxylation is 1. The molecular formula is C11H12FNO4. The SMILES string of the molecule is Cc1cccc(C(=O)N[C@H](CO)C(=O)O)c1F. The van der Waals surface area contributed by atoms with Gasteiger partial charge in [0.1, 0.15) is 5.82 Å². The average Bonchev–Trinajstić information content (AvgIpc) is 2.28. The van der Waals surface area contributed by atoms with Gasteiger partial charge in [-0.1, -0.05) is 12.1 Å². The zero-order valence-corrected chi connectivity index (χ0v) is 9.11. The topological polar surface area (TPSA) is 86.6 Å². The highest BCUT2D eigenvalue weighted by Crippen LogP contribution is 2.11. The Hall–Kier alpha value is -1.95. The van der Waals surface area contributed by atoms with Gasteiger partial charge in [0, 0.05) is 0 Å². The Kier molecular flexibility index (Phi) is 4.17. The zero-order valence-electron chi connectivity index (χ0n) is 9.11. The normalized spacial score (nSPS) is 11.9. The maximum Gasteiger partial charge on any atom is 0.328 e. The summed E-state index contributed by atoms with van der Waals surface area (Å²) >= 11 is 0. The predicted octanol–water partition coefficient (Wildman–Crippen LogP) is 0.309. The first-order valence-electron chi connectivity index (χ1n) is 4.87. The number of carboxylic acid groups (broad SMARTS) is 1. The number of hydrogen-bond acceptors (Lipinski definition) is 3. The molecule has 0 aliphatic carbocycles. The van der Waals surface area contributed by atoms with Gasteiger partial charge in [-0.3, -0.25) is 4.79 Å². The van der Waals surface area contributed by atoms with Crippen LogP contribution in [0.15, 0.2) is 18.2 Å². The molecule has 0 radical (unpaired) electrons. The lowest BCUT2D eigenvalue weighted by Gasteiger charge is -2.12. The Labute approximate surface area is 96.9 Å². The van der Waals surface area contributed by atoms with E-state index in [1.165, 1.54) is 25.1 Å². The fourth-order valence-electron chi connectivity index (χ4n) is 1.24. The van der Waals surface area contributed by atoms with Gasteiger partial charge in [-0.15, -0.1) is 0 Å². The lowest BCUT2D eigenvalue weighted by Crippen LogP contribution is -2.43. The van der Waals surface area contributed by atoms with Crippen molar-refractivity contribution in [3.8, 4) is 0 Å². The second-order valence-electron chi connectivity index (χ2n) is 3.48. The highest BCUT2D eigenvalue weighted by atomic mass is 19.1. The molecule has 1 atom stereocenters. The lowest BCUT2D eigenvalue weighted by molar-refractivity contribution is -0.140. The third-order valence-electron chi connectivity index (χ3n) is 2.22. The van der Waals surface area contributed by atoms with Crippen molar-refractivity contribution in [1.29, 1.82) is 0 Å². The first kappa shape index (κ1) is 13.1. The molecule has 0 unspecified atom stereocenters. The van der Waals surface area contributed by atoms with Crippen molar-refractivity contribution in [2.24, 2.45) is 0 Å². The summed E-state index contributed by atoms with van der Waals surface area (Å²) in [4.78, 5) is 22.1. The maximum absolute atomic E-state index is 13.5. The van der Waals surface area contributed by atoms with Crippen LogP contribution in [0, 0.1) is 12.7 Å². The van der Waals surface area contributed by atoms with Crippen molar-refractivity contribution < 1.29 is 24.2 Å². The Morgan fingerprint density at radius 1 is 1.47 bits per heavy atom. The van der Waals surface area contributed by atoms with Crippen LogP contribution in [-0.2, 0) is 4.79 Å². The number of rotatable bonds is 4. The highest BCUT2D eigenvalue weighted by molar-refractivity contribution is 5.97. The van der Waals surface area contributed by atoms with E-state index < -0.39 is 30.3 Å². The molecule has 92 valence electrons. The van der Waals surface area contributed by atoms with Crippen LogP contribution in [0.4, 0.5) is 4.39 Å². The van der Waals surface area contributed by atoms with Crippen LogP contribution < -0.4 is 5.32 Å². The summed E-state index contributed by atoms with van der Waals surface area (Å²) in [5, 5.41) is 19.4. The number of halogens is 1. The van der Waals surface area contributed by atoms with Gasteiger partial charge in [0.2, 0.25) is 0 Å². The number of nitrogens with one attached hydrogen (secondary N) is 1. The third kappa shape index (κ3) is 3.01. The number of carbonyl (C=O) groups is 2. The molecule has 5 nitrogen and oxygen atoms in total. The van der Waals surface area contributed by atoms with E-state index in [-0.39, 0.29) is 11.1 Å². The number of aliphatic hydroxyl groups excluding tert-OH is 1. The molecule has 0 aliphatic heterocycles. The molecule has 6 heteroatoms. The zero-order chi connectivity index (χ0) is 13.0. The standard InChI is InChI=1S/C11H12FNO4/c1-6-3-2-4-7(9(6)12)10(15)13-8(5-14)11(16)17/h2-4,8,14H,5H2,1H3,(H,13,15)(H,16,17)/t8-/m1/s1. The highest BCUT2D eigenvalue weighted by Gasteiger charge is 2.21. The number of aliphatic carboxylic acids is 1. The quantitative estimate of drug-likeness (QED) is 0.708. The minimum absolute atomic E-state index is 0.246. The Bertz CT molecular complexity index is 447. The molecule has 0 fully saturated rings. The van der Waals surface area contributed by atoms with E-state index in [0.717, 1.165) is 0 Å². The number of hydrogen-bond donors (Lipinski definition) is 3. The fraction of sp³-hybridized carbons (Fsp3) is 0.273. The maximum atomic E-state index is 13.5. The van der Waals surface area contributed by atoms with Crippen LogP contribution in [-0.4, -0.2) is 34.7 Å². The van der Waals surface area contributed by atoms with E-state index in [1.54, 1.807) is 0 Å². The minimum Gasteiger partial charge on any atom is -0.480 e. The number of benzene rings is 1. The molecule has 0 heterocycles. The third-order valence-corrected chi connectivity index (χ3v) is 2.22. The van der Waals surface area contributed by atoms with Crippen molar-refractivity contribution in [2.75, 3.05) is 6.61 Å². The van der Waals surface area contributed by atoms with Crippen LogP contribution >= 0.6 is 0 Å². The van der Waals surface area contributed by atoms with Crippen LogP contribution in [0.1, 0.15) is 15.9 Å². The smallest absolute Gasteiger partial charge is 0.328 e. The van der Waals surface area contributed by atoms with Crippen molar-refractivity contribution in [2.45, 2.75) is 13.0 Å². The monoisotopic (exact) mass is 241 g/mol. The molecule has 1 aromatic carbocycles. The van der Waals surface area contributed by atoms with E-state index in [4.69, 9.17) is 10.2 Å². The molecule has 0 aliphatic rings. The fourth-order valence-corrected chi connectivity index (χ4v) is 1.24. The molecule has 0 aromatic heterocycles. The molecule has 0 spiro atoms. The van der Waals surface area contributed by atoms with E-state index >= 15 is 0 Å². The van der Waals surface area contributed by atoms with E-state index in [2.05, 4.69) is 0 Å². The second kappa shape index (κ2) is 5.40. The van der Waals surface area contributed by atoms with Gasteiger partial charge in [-0.2, -0.15) is 0 Å². The van der Waals surface area contributed by atoms with Crippen LogP contribution in [0.3, 0.4) is 0 Å². The average molecular weight is 241 g/mol. The molecule has 1 rings (SSSR count). The minimum atomic E-state index is -1.44. The molecule has 0 saturated heterocycles. The van der Waals surface area contributed by atoms with E-state index in [9.17, 15) is 14.0 Å². The number of amides is 1. The van der Waals surface area contributed by atoms with Crippen molar-refractivity contribution >= 4 is 11.9 Å². The van der Waals surface area contributed by atoms with Crippen LogP contribution in [0.2, 0.25) is 0 Å². The van der Waals surface area contributed by atoms with Crippen molar-refractivity contribution in [3.63, 3.8) is 0 Å². The molecule has 0 bridgehead atoms. The van der Waals surface area contributed by atoms with Gasteiger partial charge in [0.05, 0.1) is 12.2 Å². The van der Waals surface area contributed by atoms with Crippen molar-refractivity contribution in [1.82, 2.24) is 5.32 Å². The molecule has 1 amide bonds. The molecular weight excluding hydrogens is 229 g/mol. The van der Waals surface area contributed by atoms with Gasteiger partial charge < -0.3 is 15.5 Å². The predicted molar refractivity (Wildman–Crippen MR) is 57.1 cm³/mol. The summed E-state index contributed by atoms with van der Waals surface area (Å²) < 4.78 is 13.5. The van der Waals surface area contributed by atoms with Crippen molar-refractivity contribution in [3.05, 3.63) is 35.1 Å². The first-order chi connectivity index (χ1) is 7.97. The molecule has 0 saturated carbocycles. The van der Waals surface area contributed by atoms with Gasteiger partial charge >= 0.3 is 5.97 Å². The summed E-state index contributed by atoms with van der Waals surface area (Å²) in [5.74, 6) is -2.95.